The largest absolute Gasteiger partial charge is 0.507 e. The normalized spacial score (nSPS) is 14.7. The Labute approximate surface area is 130 Å². The van der Waals surface area contributed by atoms with Gasteiger partial charge in [-0.2, -0.15) is 0 Å². The van der Waals surface area contributed by atoms with Crippen LogP contribution in [-0.2, 0) is 5.41 Å². The van der Waals surface area contributed by atoms with Crippen molar-refractivity contribution in [3.63, 3.8) is 0 Å². The van der Waals surface area contributed by atoms with Crippen molar-refractivity contribution in [1.29, 1.82) is 0 Å². The fourth-order valence-corrected chi connectivity index (χ4v) is 3.77. The topological polar surface area (TPSA) is 29.5 Å². The molecule has 0 heterocycles. The van der Waals surface area contributed by atoms with Crippen LogP contribution in [0.2, 0.25) is 0 Å². The maximum absolute atomic E-state index is 10.6. The molecule has 4 rings (SSSR count). The van der Waals surface area contributed by atoms with Gasteiger partial charge in [0.1, 0.15) is 11.5 Å². The lowest BCUT2D eigenvalue weighted by atomic mass is 9.80. The van der Waals surface area contributed by atoms with Gasteiger partial charge in [0, 0.05) is 11.0 Å². The minimum absolute atomic E-state index is 0.169. The molecule has 0 saturated carbocycles. The van der Waals surface area contributed by atoms with Crippen molar-refractivity contribution in [2.75, 3.05) is 7.11 Å². The van der Waals surface area contributed by atoms with E-state index in [2.05, 4.69) is 44.2 Å². The zero-order valence-corrected chi connectivity index (χ0v) is 13.0. The minimum atomic E-state index is -0.169. The summed E-state index contributed by atoms with van der Waals surface area (Å²) in [6.07, 6.45) is 0. The summed E-state index contributed by atoms with van der Waals surface area (Å²) in [6, 6.07) is 16.2. The molecule has 0 aromatic heterocycles. The van der Waals surface area contributed by atoms with Gasteiger partial charge >= 0.3 is 0 Å². The number of ether oxygens (including phenoxy) is 1. The Bertz CT molecular complexity index is 907. The Kier molecular flexibility index (Phi) is 2.56. The monoisotopic (exact) mass is 290 g/mol. The zero-order valence-electron chi connectivity index (χ0n) is 13.0. The molecule has 0 aliphatic heterocycles. The van der Waals surface area contributed by atoms with E-state index < -0.39 is 0 Å². The van der Waals surface area contributed by atoms with Gasteiger partial charge < -0.3 is 9.84 Å². The molecule has 0 fully saturated rings. The molecule has 110 valence electrons. The summed E-state index contributed by atoms with van der Waals surface area (Å²) in [6.45, 7) is 4.42. The number of benzene rings is 3. The maximum Gasteiger partial charge on any atom is 0.124 e. The molecule has 22 heavy (non-hydrogen) atoms. The molecule has 3 aromatic rings. The van der Waals surface area contributed by atoms with E-state index >= 15 is 0 Å². The molecule has 0 unspecified atom stereocenters. The molecule has 0 amide bonds. The predicted molar refractivity (Wildman–Crippen MR) is 89.7 cm³/mol. The van der Waals surface area contributed by atoms with Crippen LogP contribution in [0.1, 0.15) is 25.0 Å². The van der Waals surface area contributed by atoms with E-state index in [9.17, 15) is 5.11 Å². The summed E-state index contributed by atoms with van der Waals surface area (Å²) in [4.78, 5) is 0. The summed E-state index contributed by atoms with van der Waals surface area (Å²) in [5, 5.41) is 12.9. The third-order valence-corrected chi connectivity index (χ3v) is 4.82. The van der Waals surface area contributed by atoms with E-state index in [1.807, 2.05) is 18.2 Å². The quantitative estimate of drug-likeness (QED) is 0.693. The lowest BCUT2D eigenvalue weighted by Crippen LogP contribution is -2.15. The van der Waals surface area contributed by atoms with Crippen LogP contribution < -0.4 is 4.74 Å². The van der Waals surface area contributed by atoms with Crippen LogP contribution in [0.5, 0.6) is 11.5 Å². The lowest BCUT2D eigenvalue weighted by Gasteiger charge is -2.23. The first-order valence-corrected chi connectivity index (χ1v) is 7.48. The Morgan fingerprint density at radius 3 is 2.55 bits per heavy atom. The molecule has 1 aliphatic carbocycles. The molecular formula is C20H18O2. The van der Waals surface area contributed by atoms with Crippen molar-refractivity contribution in [2.24, 2.45) is 0 Å². The third-order valence-electron chi connectivity index (χ3n) is 4.82. The van der Waals surface area contributed by atoms with Crippen LogP contribution >= 0.6 is 0 Å². The Hall–Kier alpha value is -2.48. The summed E-state index contributed by atoms with van der Waals surface area (Å²) >= 11 is 0. The molecule has 0 spiro atoms. The summed E-state index contributed by atoms with van der Waals surface area (Å²) in [5.41, 5.74) is 4.29. The molecule has 0 atom stereocenters. The number of phenolic OH excluding ortho intramolecular Hbond substituents is 1. The summed E-state index contributed by atoms with van der Waals surface area (Å²) < 4.78 is 5.39. The molecule has 2 heteroatoms. The average molecular weight is 290 g/mol. The van der Waals surface area contributed by atoms with Gasteiger partial charge in [-0.05, 0) is 45.7 Å². The van der Waals surface area contributed by atoms with Crippen molar-refractivity contribution >= 4 is 10.8 Å². The van der Waals surface area contributed by atoms with Gasteiger partial charge in [-0.15, -0.1) is 0 Å². The number of rotatable bonds is 1. The summed E-state index contributed by atoms with van der Waals surface area (Å²) in [5.74, 6) is 1.20. The fourth-order valence-electron chi connectivity index (χ4n) is 3.77. The fraction of sp³-hybridized carbons (Fsp3) is 0.200. The van der Waals surface area contributed by atoms with Crippen LogP contribution in [0, 0.1) is 0 Å². The van der Waals surface area contributed by atoms with Crippen LogP contribution in [0.3, 0.4) is 0 Å². The highest BCUT2D eigenvalue weighted by Gasteiger charge is 2.38. The SMILES string of the molecule is COc1ccc2c(c1)C(C)(C)c1c-2c(O)cc2ccccc12. The van der Waals surface area contributed by atoms with Gasteiger partial charge in [0.25, 0.3) is 0 Å². The number of phenols is 1. The van der Waals surface area contributed by atoms with E-state index in [4.69, 9.17) is 4.74 Å². The average Bonchev–Trinajstić information content (AvgIpc) is 2.76. The molecule has 1 aliphatic rings. The molecule has 0 saturated heterocycles. The van der Waals surface area contributed by atoms with Gasteiger partial charge in [0.15, 0.2) is 0 Å². The van der Waals surface area contributed by atoms with E-state index in [0.717, 1.165) is 22.3 Å². The number of fused-ring (bicyclic) bond motifs is 5. The molecule has 1 N–H and O–H groups in total. The van der Waals surface area contributed by atoms with Gasteiger partial charge in [0.05, 0.1) is 7.11 Å². The predicted octanol–water partition coefficient (Wildman–Crippen LogP) is 4.86. The molecule has 0 radical (unpaired) electrons. The standard InChI is InChI=1S/C20H18O2/c1-20(2)16-11-13(22-3)8-9-15(16)18-17(21)10-12-6-4-5-7-14(12)19(18)20/h4-11,21H,1-3H3. The highest BCUT2D eigenvalue weighted by molar-refractivity contribution is 6.00. The lowest BCUT2D eigenvalue weighted by molar-refractivity contribution is 0.413. The van der Waals surface area contributed by atoms with Crippen molar-refractivity contribution in [3.05, 3.63) is 59.7 Å². The van der Waals surface area contributed by atoms with Crippen LogP contribution in [0.25, 0.3) is 21.9 Å². The second-order valence-corrected chi connectivity index (χ2v) is 6.40. The van der Waals surface area contributed by atoms with Crippen molar-refractivity contribution in [3.8, 4) is 22.6 Å². The number of hydrogen-bond acceptors (Lipinski definition) is 2. The van der Waals surface area contributed by atoms with Crippen LogP contribution in [-0.4, -0.2) is 12.2 Å². The van der Waals surface area contributed by atoms with E-state index in [0.29, 0.717) is 5.75 Å². The van der Waals surface area contributed by atoms with Crippen molar-refractivity contribution < 1.29 is 9.84 Å². The maximum atomic E-state index is 10.6. The van der Waals surface area contributed by atoms with Crippen LogP contribution in [0.15, 0.2) is 48.5 Å². The Balaban J connectivity index is 2.16. The Morgan fingerprint density at radius 1 is 1.00 bits per heavy atom. The first-order chi connectivity index (χ1) is 10.5. The summed E-state index contributed by atoms with van der Waals surface area (Å²) in [7, 11) is 1.68. The van der Waals surface area contributed by atoms with E-state index in [1.165, 1.54) is 16.5 Å². The van der Waals surface area contributed by atoms with E-state index in [1.54, 1.807) is 7.11 Å². The Morgan fingerprint density at radius 2 is 1.77 bits per heavy atom. The van der Waals surface area contributed by atoms with Gasteiger partial charge in [-0.3, -0.25) is 0 Å². The van der Waals surface area contributed by atoms with E-state index in [-0.39, 0.29) is 5.41 Å². The third kappa shape index (κ3) is 1.55. The number of methoxy groups -OCH3 is 1. The zero-order chi connectivity index (χ0) is 15.5. The highest BCUT2D eigenvalue weighted by atomic mass is 16.5. The van der Waals surface area contributed by atoms with Crippen molar-refractivity contribution in [1.82, 2.24) is 0 Å². The number of hydrogen-bond donors (Lipinski definition) is 1. The first kappa shape index (κ1) is 13.2. The van der Waals surface area contributed by atoms with Crippen molar-refractivity contribution in [2.45, 2.75) is 19.3 Å². The molecule has 0 bridgehead atoms. The molecule has 3 aromatic carbocycles. The highest BCUT2D eigenvalue weighted by Crippen LogP contribution is 2.55. The molecular weight excluding hydrogens is 272 g/mol. The smallest absolute Gasteiger partial charge is 0.124 e. The minimum Gasteiger partial charge on any atom is -0.507 e. The molecule has 2 nitrogen and oxygen atoms in total. The van der Waals surface area contributed by atoms with Gasteiger partial charge in [-0.1, -0.05) is 44.2 Å². The van der Waals surface area contributed by atoms with Crippen LogP contribution in [0.4, 0.5) is 0 Å². The van der Waals surface area contributed by atoms with Gasteiger partial charge in [0.2, 0.25) is 0 Å². The van der Waals surface area contributed by atoms with Gasteiger partial charge in [-0.25, -0.2) is 0 Å². The second kappa shape index (κ2) is 4.26. The number of aromatic hydroxyl groups is 1. The second-order valence-electron chi connectivity index (χ2n) is 6.40. The first-order valence-electron chi connectivity index (χ1n) is 7.48.